The number of hydrogen-bond donors (Lipinski definition) is 3. The fourth-order valence-electron chi connectivity index (χ4n) is 6.06. The Morgan fingerprint density at radius 2 is 1.84 bits per heavy atom. The number of carbonyl (C=O) groups excluding carboxylic acids is 1. The van der Waals surface area contributed by atoms with Gasteiger partial charge in [0.05, 0.1) is 25.5 Å². The molecule has 0 spiro atoms. The average molecular weight is 676 g/mol. The fraction of sp³-hybridized carbons (Fsp3) is 0.556. The first kappa shape index (κ1) is 36.4. The number of fused-ring (bicyclic) bond motifs is 1. The van der Waals surface area contributed by atoms with E-state index in [4.69, 9.17) is 14.2 Å². The number of anilines is 1. The Morgan fingerprint density at radius 1 is 1.12 bits per heavy atom. The maximum absolute atomic E-state index is 13.2. The third-order valence-corrected chi connectivity index (χ3v) is 9.36. The number of carbonyl (C=O) groups is 1. The number of nitrogens with one attached hydrogen (secondary N) is 1. The highest BCUT2D eigenvalue weighted by Crippen LogP contribution is 2.27. The molecule has 13 heteroatoms. The van der Waals surface area contributed by atoms with Crippen LogP contribution in [0, 0.1) is 11.3 Å². The van der Waals surface area contributed by atoms with Crippen LogP contribution in [-0.2, 0) is 31.2 Å². The number of ether oxygens (including phenoxy) is 3. The summed E-state index contributed by atoms with van der Waals surface area (Å²) in [6, 6.07) is 14.4. The van der Waals surface area contributed by atoms with Gasteiger partial charge in [0.15, 0.2) is 6.29 Å². The van der Waals surface area contributed by atoms with E-state index >= 15 is 0 Å². The van der Waals surface area contributed by atoms with Crippen LogP contribution in [0.25, 0.3) is 16.8 Å². The smallest absolute Gasteiger partial charge is 0.262 e. The summed E-state index contributed by atoms with van der Waals surface area (Å²) in [5, 5.41) is 44.0. The third-order valence-electron chi connectivity index (χ3n) is 9.36. The predicted octanol–water partition coefficient (Wildman–Crippen LogP) is 2.81. The van der Waals surface area contributed by atoms with Crippen LogP contribution in [0.4, 0.5) is 5.69 Å². The lowest BCUT2D eigenvalue weighted by atomic mass is 9.99. The highest BCUT2D eigenvalue weighted by molar-refractivity contribution is 6.02. The van der Waals surface area contributed by atoms with Gasteiger partial charge in [-0.05, 0) is 81.8 Å². The Bertz CT molecular complexity index is 1670. The van der Waals surface area contributed by atoms with Gasteiger partial charge in [-0.1, -0.05) is 23.4 Å². The van der Waals surface area contributed by atoms with E-state index in [2.05, 4.69) is 56.7 Å². The van der Waals surface area contributed by atoms with Crippen molar-refractivity contribution in [3.05, 3.63) is 59.4 Å². The van der Waals surface area contributed by atoms with Gasteiger partial charge in [0.2, 0.25) is 0 Å². The number of amides is 1. The van der Waals surface area contributed by atoms with Crippen LogP contribution in [0.5, 0.6) is 0 Å². The van der Waals surface area contributed by atoms with E-state index in [1.807, 2.05) is 45.9 Å². The molecule has 2 aliphatic rings. The molecule has 2 aromatic carbocycles. The highest BCUT2D eigenvalue weighted by atomic mass is 16.7. The SMILES string of the molecule is CO[C@@H]1CC(O)[C@H](O)C(Cn2cc(C(C)(C)OCCC(C)(C)NC(=O)/C(C#N)=C/c3ccc4cc(N5CCN(C)CC5)ccc4c3)nn2)O1. The molecule has 0 saturated carbocycles. The second-order valence-electron chi connectivity index (χ2n) is 14.2. The monoisotopic (exact) mass is 675 g/mol. The molecule has 5 rings (SSSR count). The van der Waals surface area contributed by atoms with Crippen molar-refractivity contribution in [2.75, 3.05) is 51.8 Å². The van der Waals surface area contributed by atoms with Gasteiger partial charge in [-0.2, -0.15) is 5.26 Å². The molecule has 3 aromatic rings. The van der Waals surface area contributed by atoms with Crippen LogP contribution in [-0.4, -0.2) is 113 Å². The molecular formula is C36H49N7O6. The molecule has 0 radical (unpaired) electrons. The number of hydrogen-bond acceptors (Lipinski definition) is 11. The quantitative estimate of drug-likeness (QED) is 0.192. The van der Waals surface area contributed by atoms with Crippen molar-refractivity contribution in [2.24, 2.45) is 0 Å². The van der Waals surface area contributed by atoms with Crippen LogP contribution in [0.15, 0.2) is 48.2 Å². The molecule has 264 valence electrons. The Hall–Kier alpha value is -3.90. The summed E-state index contributed by atoms with van der Waals surface area (Å²) in [5.74, 6) is -0.451. The Balaban J connectivity index is 1.14. The van der Waals surface area contributed by atoms with E-state index < -0.39 is 41.6 Å². The lowest BCUT2D eigenvalue weighted by molar-refractivity contribution is -0.245. The van der Waals surface area contributed by atoms with Crippen LogP contribution < -0.4 is 10.2 Å². The summed E-state index contributed by atoms with van der Waals surface area (Å²) in [6.45, 7) is 12.1. The Labute approximate surface area is 288 Å². The number of likely N-dealkylation sites (N-methyl/N-ethyl adjacent to an activating group) is 1. The lowest BCUT2D eigenvalue weighted by Gasteiger charge is -2.36. The zero-order valence-corrected chi connectivity index (χ0v) is 29.3. The molecule has 4 atom stereocenters. The zero-order valence-electron chi connectivity index (χ0n) is 29.3. The molecule has 2 aliphatic heterocycles. The minimum absolute atomic E-state index is 0.0238. The molecule has 2 unspecified atom stereocenters. The van der Waals surface area contributed by atoms with Gasteiger partial charge < -0.3 is 39.5 Å². The van der Waals surface area contributed by atoms with Crippen molar-refractivity contribution in [1.29, 1.82) is 5.26 Å². The number of nitriles is 1. The van der Waals surface area contributed by atoms with E-state index in [0.717, 1.165) is 42.5 Å². The molecule has 2 fully saturated rings. The maximum atomic E-state index is 13.2. The van der Waals surface area contributed by atoms with E-state index in [0.29, 0.717) is 18.7 Å². The number of rotatable bonds is 12. The van der Waals surface area contributed by atoms with Crippen molar-refractivity contribution in [3.63, 3.8) is 0 Å². The van der Waals surface area contributed by atoms with Gasteiger partial charge in [0, 0.05) is 50.9 Å². The van der Waals surface area contributed by atoms with Gasteiger partial charge >= 0.3 is 0 Å². The second kappa shape index (κ2) is 15.3. The summed E-state index contributed by atoms with van der Waals surface area (Å²) in [5.41, 5.74) is 1.10. The normalized spacial score (nSPS) is 22.7. The van der Waals surface area contributed by atoms with E-state index in [-0.39, 0.29) is 18.5 Å². The largest absolute Gasteiger partial charge is 0.390 e. The first-order valence-corrected chi connectivity index (χ1v) is 16.8. The number of aliphatic hydroxyl groups is 2. The molecule has 49 heavy (non-hydrogen) atoms. The number of aliphatic hydroxyl groups excluding tert-OH is 2. The number of benzene rings is 2. The summed E-state index contributed by atoms with van der Waals surface area (Å²) < 4.78 is 18.7. The van der Waals surface area contributed by atoms with E-state index in [9.17, 15) is 20.3 Å². The number of piperazine rings is 1. The molecule has 3 N–H and O–H groups in total. The Kier molecular flexibility index (Phi) is 11.4. The van der Waals surface area contributed by atoms with Crippen LogP contribution in [0.2, 0.25) is 0 Å². The molecular weight excluding hydrogens is 626 g/mol. The van der Waals surface area contributed by atoms with Crippen molar-refractivity contribution >= 4 is 28.4 Å². The molecule has 2 saturated heterocycles. The summed E-state index contributed by atoms with van der Waals surface area (Å²) in [7, 11) is 3.63. The van der Waals surface area contributed by atoms with Gasteiger partial charge in [-0.3, -0.25) is 4.79 Å². The summed E-state index contributed by atoms with van der Waals surface area (Å²) in [6.07, 6.45) is 0.621. The predicted molar refractivity (Wildman–Crippen MR) is 185 cm³/mol. The molecule has 13 nitrogen and oxygen atoms in total. The Morgan fingerprint density at radius 3 is 2.55 bits per heavy atom. The number of nitrogens with zero attached hydrogens (tertiary/aromatic N) is 6. The zero-order chi connectivity index (χ0) is 35.3. The number of methoxy groups -OCH3 is 1. The van der Waals surface area contributed by atoms with Crippen molar-refractivity contribution < 1.29 is 29.2 Å². The average Bonchev–Trinajstić information content (AvgIpc) is 3.55. The van der Waals surface area contributed by atoms with Gasteiger partial charge in [0.1, 0.15) is 35.1 Å². The third kappa shape index (κ3) is 9.21. The maximum Gasteiger partial charge on any atom is 0.262 e. The fourth-order valence-corrected chi connectivity index (χ4v) is 6.06. The van der Waals surface area contributed by atoms with E-state index in [1.54, 1.807) is 17.0 Å². The first-order chi connectivity index (χ1) is 23.3. The molecule has 1 amide bonds. The van der Waals surface area contributed by atoms with Crippen LogP contribution in [0.3, 0.4) is 0 Å². The van der Waals surface area contributed by atoms with Crippen LogP contribution >= 0.6 is 0 Å². The van der Waals surface area contributed by atoms with Crippen molar-refractivity contribution in [1.82, 2.24) is 25.2 Å². The summed E-state index contributed by atoms with van der Waals surface area (Å²) >= 11 is 0. The minimum Gasteiger partial charge on any atom is -0.390 e. The second-order valence-corrected chi connectivity index (χ2v) is 14.2. The lowest BCUT2D eigenvalue weighted by Crippen LogP contribution is -2.50. The van der Waals surface area contributed by atoms with Crippen molar-refractivity contribution in [2.45, 2.75) is 82.8 Å². The standard InChI is InChI=1S/C36H49N7O6/c1-35(2,11-16-48-36(3,4)31-23-43(40-39-31)22-30-33(45)29(44)20-32(47-6)49-30)38-34(46)27(21-37)18-24-7-8-26-19-28(10-9-25(26)17-24)42-14-12-41(5)13-15-42/h7-10,17-19,23,29-30,32-33,44-45H,11-16,20,22H2,1-6H3,(H,38,46)/b27-18+/t29?,30?,32-,33-/m0/s1. The minimum atomic E-state index is -1.08. The van der Waals surface area contributed by atoms with Gasteiger partial charge in [-0.25, -0.2) is 4.68 Å². The number of aromatic nitrogens is 3. The molecule has 0 aliphatic carbocycles. The highest BCUT2D eigenvalue weighted by Gasteiger charge is 2.37. The first-order valence-electron chi connectivity index (χ1n) is 16.8. The van der Waals surface area contributed by atoms with Gasteiger partial charge in [0.25, 0.3) is 5.91 Å². The van der Waals surface area contributed by atoms with E-state index in [1.165, 1.54) is 12.8 Å². The molecule has 3 heterocycles. The molecule has 1 aromatic heterocycles. The van der Waals surface area contributed by atoms with Crippen molar-refractivity contribution in [3.8, 4) is 6.07 Å². The van der Waals surface area contributed by atoms with Gasteiger partial charge in [-0.15, -0.1) is 5.10 Å². The topological polar surface area (TPSA) is 158 Å². The molecule has 0 bridgehead atoms. The summed E-state index contributed by atoms with van der Waals surface area (Å²) in [4.78, 5) is 17.9. The van der Waals surface area contributed by atoms with Crippen LogP contribution in [0.1, 0.15) is 51.8 Å².